The Morgan fingerprint density at radius 1 is 1.00 bits per heavy atom. The molecule has 6 heteroatoms. The summed E-state index contributed by atoms with van der Waals surface area (Å²) >= 11 is 0. The molecule has 1 aliphatic heterocycles. The first kappa shape index (κ1) is 21.5. The van der Waals surface area contributed by atoms with E-state index in [0.29, 0.717) is 23.7 Å². The molecule has 0 amide bonds. The van der Waals surface area contributed by atoms with Gasteiger partial charge in [-0.3, -0.25) is 10.1 Å². The Morgan fingerprint density at radius 2 is 1.79 bits per heavy atom. The second-order valence-corrected chi connectivity index (χ2v) is 12.8. The number of hydrogen-bond acceptors (Lipinski definition) is 5. The normalized spacial score (nSPS) is 48.4. The number of rotatable bonds is 1. The first-order chi connectivity index (χ1) is 16.2. The van der Waals surface area contributed by atoms with E-state index < -0.39 is 11.4 Å². The lowest BCUT2D eigenvalue weighted by Gasteiger charge is -2.63. The summed E-state index contributed by atoms with van der Waals surface area (Å²) in [7, 11) is 0. The highest BCUT2D eigenvalue weighted by molar-refractivity contribution is 5.30. The summed E-state index contributed by atoms with van der Waals surface area (Å²) in [6.45, 7) is 8.99. The number of nitrogens with zero attached hydrogens (tertiary/aromatic N) is 2. The Hall–Kier alpha value is -1.76. The van der Waals surface area contributed by atoms with Crippen LogP contribution in [0.15, 0.2) is 30.6 Å². The Kier molecular flexibility index (Phi) is 4.25. The van der Waals surface area contributed by atoms with Crippen molar-refractivity contribution in [3.63, 3.8) is 0 Å². The van der Waals surface area contributed by atoms with Crippen LogP contribution >= 0.6 is 0 Å². The third-order valence-electron chi connectivity index (χ3n) is 11.0. The number of ether oxygens (including phenoxy) is 2. The van der Waals surface area contributed by atoms with Gasteiger partial charge in [-0.25, -0.2) is 0 Å². The highest BCUT2D eigenvalue weighted by Crippen LogP contribution is 2.71. The second-order valence-electron chi connectivity index (χ2n) is 12.8. The lowest BCUT2D eigenvalue weighted by atomic mass is 9.43. The van der Waals surface area contributed by atoms with E-state index in [-0.39, 0.29) is 23.0 Å². The van der Waals surface area contributed by atoms with Gasteiger partial charge in [-0.2, -0.15) is 5.10 Å². The molecule has 0 aromatic carbocycles. The minimum Gasteiger partial charge on any atom is -0.383 e. The number of H-pyrrole nitrogens is 1. The van der Waals surface area contributed by atoms with Crippen LogP contribution in [0, 0.1) is 34.5 Å². The van der Waals surface area contributed by atoms with Crippen LogP contribution in [-0.2, 0) is 27.9 Å². The van der Waals surface area contributed by atoms with Crippen LogP contribution in [0.5, 0.6) is 0 Å². The highest BCUT2D eigenvalue weighted by atomic mass is 16.8. The molecule has 0 spiro atoms. The largest absolute Gasteiger partial charge is 0.383 e. The fourth-order valence-corrected chi connectivity index (χ4v) is 9.45. The molecule has 34 heavy (non-hydrogen) atoms. The maximum absolute atomic E-state index is 12.2. The number of aliphatic hydroxyl groups is 1. The van der Waals surface area contributed by atoms with Crippen molar-refractivity contribution in [3.05, 3.63) is 47.5 Å². The minimum absolute atomic E-state index is 0.0678. The Labute approximate surface area is 201 Å². The highest BCUT2D eigenvalue weighted by Gasteiger charge is 2.71. The molecule has 7 rings (SSSR count). The van der Waals surface area contributed by atoms with Gasteiger partial charge >= 0.3 is 0 Å². The average molecular weight is 464 g/mol. The molecule has 5 aliphatic rings. The monoisotopic (exact) mass is 463 g/mol. The van der Waals surface area contributed by atoms with Crippen LogP contribution in [0.25, 0.3) is 0 Å². The van der Waals surface area contributed by atoms with Gasteiger partial charge in [0, 0.05) is 17.3 Å². The first-order valence-electron chi connectivity index (χ1n) is 13.2. The predicted molar refractivity (Wildman–Crippen MR) is 127 cm³/mol. The van der Waals surface area contributed by atoms with Gasteiger partial charge in [0.1, 0.15) is 5.60 Å². The predicted octanol–water partition coefficient (Wildman–Crippen LogP) is 4.39. The third kappa shape index (κ3) is 2.57. The van der Waals surface area contributed by atoms with Crippen molar-refractivity contribution < 1.29 is 14.6 Å². The molecule has 0 unspecified atom stereocenters. The zero-order valence-corrected chi connectivity index (χ0v) is 20.8. The van der Waals surface area contributed by atoms with Crippen LogP contribution < -0.4 is 0 Å². The van der Waals surface area contributed by atoms with Crippen molar-refractivity contribution in [3.8, 4) is 0 Å². The van der Waals surface area contributed by atoms with Gasteiger partial charge < -0.3 is 14.6 Å². The smallest absolute Gasteiger partial charge is 0.163 e. The van der Waals surface area contributed by atoms with Gasteiger partial charge in [-0.05, 0) is 99.2 Å². The van der Waals surface area contributed by atoms with Gasteiger partial charge in [0.05, 0.1) is 24.1 Å². The average Bonchev–Trinajstić information content (AvgIpc) is 3.46. The molecule has 2 aromatic rings. The zero-order valence-electron chi connectivity index (χ0n) is 20.8. The summed E-state index contributed by atoms with van der Waals surface area (Å²) in [5.74, 6) is 1.13. The van der Waals surface area contributed by atoms with Crippen LogP contribution in [-0.4, -0.2) is 38.3 Å². The molecule has 1 saturated heterocycles. The summed E-state index contributed by atoms with van der Waals surface area (Å²) in [5, 5.41) is 19.9. The molecule has 9 atom stereocenters. The Bertz CT molecular complexity index is 1120. The van der Waals surface area contributed by atoms with Gasteiger partial charge in [-0.15, -0.1) is 0 Å². The molecule has 0 radical (unpaired) electrons. The van der Waals surface area contributed by atoms with Crippen molar-refractivity contribution in [1.82, 2.24) is 15.2 Å². The van der Waals surface area contributed by atoms with E-state index in [4.69, 9.17) is 9.47 Å². The number of aromatic nitrogens is 3. The number of hydrogen-bond donors (Lipinski definition) is 2. The molecule has 2 aromatic heterocycles. The number of nitrogens with one attached hydrogen (secondary N) is 1. The molecule has 0 bridgehead atoms. The number of pyridine rings is 1. The molecule has 4 aliphatic carbocycles. The lowest BCUT2D eigenvalue weighted by molar-refractivity contribution is -0.194. The van der Waals surface area contributed by atoms with Gasteiger partial charge in [0.15, 0.2) is 5.79 Å². The summed E-state index contributed by atoms with van der Waals surface area (Å²) < 4.78 is 13.5. The summed E-state index contributed by atoms with van der Waals surface area (Å²) in [5.41, 5.74) is 2.51. The van der Waals surface area contributed by atoms with Gasteiger partial charge in [0.25, 0.3) is 0 Å². The maximum atomic E-state index is 12.2. The standard InChI is InChI=1S/C28H37N3O3/c1-25(2)33-23-19-13-20-16(15-30-31-20)14-26(19,3)17-8-10-27(4)18(22(17)24(23)34-25)9-11-28(27,32)21-7-5-6-12-29-21/h5-7,12,15,17-19,22-24,32H,8-11,13-14H2,1-4H3,(H,30,31)/t17-,18-,19+,22+,23+,24+,26+,27-,28+/m0/s1. The molecule has 2 N–H and O–H groups in total. The summed E-state index contributed by atoms with van der Waals surface area (Å²) in [6, 6.07) is 5.96. The van der Waals surface area contributed by atoms with E-state index in [1.807, 2.05) is 30.6 Å². The van der Waals surface area contributed by atoms with Crippen LogP contribution in [0.1, 0.15) is 70.3 Å². The molecular weight excluding hydrogens is 426 g/mol. The third-order valence-corrected chi connectivity index (χ3v) is 11.0. The van der Waals surface area contributed by atoms with Crippen molar-refractivity contribution in [2.75, 3.05) is 0 Å². The van der Waals surface area contributed by atoms with Crippen molar-refractivity contribution in [1.29, 1.82) is 0 Å². The lowest BCUT2D eigenvalue weighted by Crippen LogP contribution is -2.64. The van der Waals surface area contributed by atoms with Crippen molar-refractivity contribution >= 4 is 0 Å². The summed E-state index contributed by atoms with van der Waals surface area (Å²) in [6.07, 6.45) is 9.93. The summed E-state index contributed by atoms with van der Waals surface area (Å²) in [4.78, 5) is 4.64. The van der Waals surface area contributed by atoms with E-state index in [1.165, 1.54) is 11.3 Å². The number of fused-ring (bicyclic) bond motifs is 9. The van der Waals surface area contributed by atoms with Gasteiger partial charge in [0.2, 0.25) is 0 Å². The first-order valence-corrected chi connectivity index (χ1v) is 13.2. The van der Waals surface area contributed by atoms with Crippen LogP contribution in [0.4, 0.5) is 0 Å². The van der Waals surface area contributed by atoms with E-state index in [9.17, 15) is 5.11 Å². The minimum atomic E-state index is -0.892. The van der Waals surface area contributed by atoms with E-state index in [0.717, 1.165) is 44.2 Å². The van der Waals surface area contributed by atoms with Crippen LogP contribution in [0.3, 0.4) is 0 Å². The molecule has 3 saturated carbocycles. The van der Waals surface area contributed by atoms with Crippen LogP contribution in [0.2, 0.25) is 0 Å². The molecule has 4 fully saturated rings. The fraction of sp³-hybridized carbons (Fsp3) is 0.714. The number of aromatic amines is 1. The molecular formula is C28H37N3O3. The van der Waals surface area contributed by atoms with Crippen molar-refractivity contribution in [2.45, 2.75) is 89.8 Å². The Balaban J connectivity index is 1.34. The van der Waals surface area contributed by atoms with E-state index >= 15 is 0 Å². The molecule has 182 valence electrons. The van der Waals surface area contributed by atoms with Crippen molar-refractivity contribution in [2.24, 2.45) is 34.5 Å². The molecule has 3 heterocycles. The Morgan fingerprint density at radius 3 is 2.59 bits per heavy atom. The maximum Gasteiger partial charge on any atom is 0.163 e. The zero-order chi connectivity index (χ0) is 23.5. The molecule has 6 nitrogen and oxygen atoms in total. The fourth-order valence-electron chi connectivity index (χ4n) is 9.45. The SMILES string of the molecule is CC1(C)O[C@H]2[C@H](O1)[C@H]1Cc3[nH]ncc3C[C@]1(C)[C@H]1CC[C@@]3(C)[C@@H](CC[C@@]3(O)c3ccccn3)[C@H]21. The topological polar surface area (TPSA) is 80.3 Å². The second kappa shape index (κ2) is 6.71. The van der Waals surface area contributed by atoms with E-state index in [1.54, 1.807) is 0 Å². The van der Waals surface area contributed by atoms with E-state index in [2.05, 4.69) is 42.9 Å². The quantitative estimate of drug-likeness (QED) is 0.656. The van der Waals surface area contributed by atoms with Gasteiger partial charge in [-0.1, -0.05) is 19.9 Å².